The minimum absolute atomic E-state index is 0.0700. The van der Waals surface area contributed by atoms with Gasteiger partial charge in [0.25, 0.3) is 5.91 Å². The Balaban J connectivity index is 1.69. The van der Waals surface area contributed by atoms with Crippen LogP contribution >= 0.6 is 11.3 Å². The number of carbonyl (C=O) groups excluding carboxylic acids is 2. The molecular formula is C21H26FN3O2S. The van der Waals surface area contributed by atoms with E-state index < -0.39 is 5.82 Å². The Hall–Kier alpha value is -2.28. The van der Waals surface area contributed by atoms with Gasteiger partial charge in [0, 0.05) is 17.0 Å². The number of carbonyl (C=O) groups is 2. The Morgan fingerprint density at radius 1 is 1.14 bits per heavy atom. The normalized spacial score (nSPS) is 15.3. The van der Waals surface area contributed by atoms with Crippen molar-refractivity contribution in [2.24, 2.45) is 5.92 Å². The zero-order valence-electron chi connectivity index (χ0n) is 16.5. The molecule has 1 aliphatic carbocycles. The van der Waals surface area contributed by atoms with Crippen LogP contribution in [0.15, 0.2) is 24.4 Å². The first-order valence-corrected chi connectivity index (χ1v) is 10.4. The van der Waals surface area contributed by atoms with Crippen LogP contribution in [0, 0.1) is 11.7 Å². The summed E-state index contributed by atoms with van der Waals surface area (Å²) in [6, 6.07) is 4.19. The second kappa shape index (κ2) is 8.39. The molecule has 1 heterocycles. The maximum Gasteiger partial charge on any atom is 0.267 e. The van der Waals surface area contributed by atoms with Gasteiger partial charge in [0.1, 0.15) is 10.7 Å². The average Bonchev–Trinajstić information content (AvgIpc) is 3.16. The van der Waals surface area contributed by atoms with Crippen LogP contribution < -0.4 is 10.6 Å². The summed E-state index contributed by atoms with van der Waals surface area (Å²) in [6.45, 7) is 6.11. The molecule has 1 aromatic heterocycles. The summed E-state index contributed by atoms with van der Waals surface area (Å²) in [4.78, 5) is 29.7. The van der Waals surface area contributed by atoms with Gasteiger partial charge in [0.05, 0.1) is 16.9 Å². The molecule has 0 atom stereocenters. The van der Waals surface area contributed by atoms with Crippen LogP contribution in [0.3, 0.4) is 0 Å². The summed E-state index contributed by atoms with van der Waals surface area (Å²) in [5, 5.41) is 6.31. The number of halogens is 1. The molecule has 5 nitrogen and oxygen atoms in total. The lowest BCUT2D eigenvalue weighted by molar-refractivity contribution is -0.120. The lowest BCUT2D eigenvalue weighted by atomic mass is 9.88. The second-order valence-electron chi connectivity index (χ2n) is 8.25. The fourth-order valence-corrected chi connectivity index (χ4v) is 4.09. The first-order chi connectivity index (χ1) is 13.2. The van der Waals surface area contributed by atoms with E-state index in [1.807, 2.05) is 20.8 Å². The van der Waals surface area contributed by atoms with Crippen molar-refractivity contribution in [1.82, 2.24) is 4.98 Å². The van der Waals surface area contributed by atoms with Crippen molar-refractivity contribution in [3.63, 3.8) is 0 Å². The second-order valence-corrected chi connectivity index (χ2v) is 9.28. The van der Waals surface area contributed by atoms with Gasteiger partial charge >= 0.3 is 0 Å². The fourth-order valence-electron chi connectivity index (χ4n) is 3.22. The standard InChI is InChI=1S/C21H26FN3O2S/c1-21(2,3)20-23-12-17(28-20)19(27)24-14-9-10-15(22)16(11-14)25-18(26)13-7-5-4-6-8-13/h9-13H,4-8H2,1-3H3,(H,24,27)(H,25,26). The van der Waals surface area contributed by atoms with Crippen molar-refractivity contribution in [3.8, 4) is 0 Å². The molecule has 7 heteroatoms. The van der Waals surface area contributed by atoms with Crippen LogP contribution in [-0.2, 0) is 10.2 Å². The highest BCUT2D eigenvalue weighted by Crippen LogP contribution is 2.29. The number of thiazole rings is 1. The lowest BCUT2D eigenvalue weighted by Gasteiger charge is -2.21. The lowest BCUT2D eigenvalue weighted by Crippen LogP contribution is -2.25. The molecule has 3 rings (SSSR count). The average molecular weight is 404 g/mol. The molecule has 0 spiro atoms. The van der Waals surface area contributed by atoms with Crippen molar-refractivity contribution in [2.75, 3.05) is 10.6 Å². The monoisotopic (exact) mass is 403 g/mol. The minimum Gasteiger partial charge on any atom is -0.323 e. The highest BCUT2D eigenvalue weighted by Gasteiger charge is 2.23. The molecule has 0 bridgehead atoms. The van der Waals surface area contributed by atoms with Gasteiger partial charge in [-0.25, -0.2) is 9.37 Å². The number of anilines is 2. The summed E-state index contributed by atoms with van der Waals surface area (Å²) >= 11 is 1.34. The quantitative estimate of drug-likeness (QED) is 0.723. The van der Waals surface area contributed by atoms with E-state index in [2.05, 4.69) is 15.6 Å². The molecule has 28 heavy (non-hydrogen) atoms. The van der Waals surface area contributed by atoms with Crippen LogP contribution in [0.25, 0.3) is 0 Å². The predicted octanol–water partition coefficient (Wildman–Crippen LogP) is 5.35. The smallest absolute Gasteiger partial charge is 0.267 e. The first kappa shape index (κ1) is 20.5. The molecule has 0 radical (unpaired) electrons. The van der Waals surface area contributed by atoms with Crippen LogP contribution in [0.1, 0.15) is 67.6 Å². The molecular weight excluding hydrogens is 377 g/mol. The van der Waals surface area contributed by atoms with E-state index in [0.717, 1.165) is 37.1 Å². The number of amides is 2. The Morgan fingerprint density at radius 3 is 2.50 bits per heavy atom. The summed E-state index contributed by atoms with van der Waals surface area (Å²) < 4.78 is 14.2. The van der Waals surface area contributed by atoms with Gasteiger partial charge in [0.2, 0.25) is 5.91 Å². The predicted molar refractivity (Wildman–Crippen MR) is 110 cm³/mol. The van der Waals surface area contributed by atoms with E-state index in [9.17, 15) is 14.0 Å². The van der Waals surface area contributed by atoms with Gasteiger partial charge < -0.3 is 10.6 Å². The largest absolute Gasteiger partial charge is 0.323 e. The van der Waals surface area contributed by atoms with Crippen LogP contribution in [0.4, 0.5) is 15.8 Å². The fraction of sp³-hybridized carbons (Fsp3) is 0.476. The Kier molecular flexibility index (Phi) is 6.13. The van der Waals surface area contributed by atoms with E-state index in [0.29, 0.717) is 10.6 Å². The zero-order valence-corrected chi connectivity index (χ0v) is 17.3. The third-order valence-corrected chi connectivity index (χ3v) is 6.25. The molecule has 2 amide bonds. The van der Waals surface area contributed by atoms with E-state index in [1.165, 1.54) is 29.5 Å². The summed E-state index contributed by atoms with van der Waals surface area (Å²) in [6.07, 6.45) is 6.44. The summed E-state index contributed by atoms with van der Waals surface area (Å²) in [5.74, 6) is -1.04. The molecule has 2 N–H and O–H groups in total. The number of benzene rings is 1. The number of rotatable bonds is 4. The van der Waals surface area contributed by atoms with Crippen LogP contribution in [0.2, 0.25) is 0 Å². The third kappa shape index (κ3) is 4.95. The zero-order chi connectivity index (χ0) is 20.3. The van der Waals surface area contributed by atoms with Crippen molar-refractivity contribution in [1.29, 1.82) is 0 Å². The van der Waals surface area contributed by atoms with Crippen molar-refractivity contribution in [2.45, 2.75) is 58.3 Å². The van der Waals surface area contributed by atoms with Crippen molar-refractivity contribution in [3.05, 3.63) is 40.1 Å². The summed E-state index contributed by atoms with van der Waals surface area (Å²) in [7, 11) is 0. The van der Waals surface area contributed by atoms with E-state index in [4.69, 9.17) is 0 Å². The number of nitrogens with one attached hydrogen (secondary N) is 2. The molecule has 0 saturated heterocycles. The van der Waals surface area contributed by atoms with Crippen LogP contribution in [0.5, 0.6) is 0 Å². The van der Waals surface area contributed by atoms with Crippen molar-refractivity contribution < 1.29 is 14.0 Å². The van der Waals surface area contributed by atoms with Gasteiger partial charge in [-0.15, -0.1) is 11.3 Å². The highest BCUT2D eigenvalue weighted by atomic mass is 32.1. The molecule has 1 aromatic carbocycles. The number of nitrogens with zero attached hydrogens (tertiary/aromatic N) is 1. The van der Waals surface area contributed by atoms with E-state index >= 15 is 0 Å². The SMILES string of the molecule is CC(C)(C)c1ncc(C(=O)Nc2ccc(F)c(NC(=O)C3CCCCC3)c2)s1. The molecule has 2 aromatic rings. The van der Waals surface area contributed by atoms with Gasteiger partial charge in [0.15, 0.2) is 0 Å². The molecule has 1 fully saturated rings. The third-order valence-electron chi connectivity index (χ3n) is 4.83. The van der Waals surface area contributed by atoms with E-state index in [-0.39, 0.29) is 28.8 Å². The highest BCUT2D eigenvalue weighted by molar-refractivity contribution is 7.13. The molecule has 0 aliphatic heterocycles. The number of hydrogen-bond donors (Lipinski definition) is 2. The Morgan fingerprint density at radius 2 is 1.86 bits per heavy atom. The Labute approximate surface area is 168 Å². The molecule has 1 saturated carbocycles. The summed E-state index contributed by atoms with van der Waals surface area (Å²) in [5.41, 5.74) is 0.388. The van der Waals surface area contributed by atoms with Gasteiger partial charge in [-0.3, -0.25) is 9.59 Å². The topological polar surface area (TPSA) is 71.1 Å². The molecule has 1 aliphatic rings. The van der Waals surface area contributed by atoms with Gasteiger partial charge in [-0.05, 0) is 31.0 Å². The maximum absolute atomic E-state index is 14.2. The maximum atomic E-state index is 14.2. The molecule has 150 valence electrons. The molecule has 0 unspecified atom stereocenters. The van der Waals surface area contributed by atoms with Crippen LogP contribution in [-0.4, -0.2) is 16.8 Å². The first-order valence-electron chi connectivity index (χ1n) is 9.62. The number of hydrogen-bond acceptors (Lipinski definition) is 4. The van der Waals surface area contributed by atoms with Gasteiger partial charge in [-0.2, -0.15) is 0 Å². The van der Waals surface area contributed by atoms with Crippen molar-refractivity contribution >= 4 is 34.5 Å². The number of aromatic nitrogens is 1. The minimum atomic E-state index is -0.519. The van der Waals surface area contributed by atoms with Gasteiger partial charge in [-0.1, -0.05) is 40.0 Å². The van der Waals surface area contributed by atoms with E-state index in [1.54, 1.807) is 6.20 Å². The Bertz CT molecular complexity index is 867.